The third kappa shape index (κ3) is 5.68. The zero-order valence-electron chi connectivity index (χ0n) is 14.7. The number of nitrogens with zero attached hydrogens (tertiary/aromatic N) is 1. The van der Waals surface area contributed by atoms with Gasteiger partial charge in [-0.25, -0.2) is 0 Å². The largest absolute Gasteiger partial charge is 0.416 e. The van der Waals surface area contributed by atoms with Crippen molar-refractivity contribution in [3.05, 3.63) is 93.0 Å². The van der Waals surface area contributed by atoms with Gasteiger partial charge in [-0.2, -0.15) is 13.2 Å². The van der Waals surface area contributed by atoms with E-state index in [9.17, 15) is 23.3 Å². The van der Waals surface area contributed by atoms with Crippen LogP contribution in [0.2, 0.25) is 5.02 Å². The molecular weight excluding hydrogens is 443 g/mol. The van der Waals surface area contributed by atoms with Crippen LogP contribution in [0.25, 0.3) is 0 Å². The molecule has 0 N–H and O–H groups in total. The minimum Gasteiger partial charge on any atom is -0.258 e. The molecule has 0 saturated carbocycles. The van der Waals surface area contributed by atoms with Crippen molar-refractivity contribution in [3.63, 3.8) is 0 Å². The average Bonchev–Trinajstić information content (AvgIpc) is 2.68. The predicted molar refractivity (Wildman–Crippen MR) is 110 cm³/mol. The van der Waals surface area contributed by atoms with Crippen LogP contribution in [0, 0.1) is 10.1 Å². The third-order valence-corrected chi connectivity index (χ3v) is 6.52. The first-order valence-corrected chi connectivity index (χ1v) is 10.4. The third-order valence-electron chi connectivity index (χ3n) is 3.87. The molecular formula is C20H13ClF3NO2S2. The second-order valence-corrected chi connectivity index (χ2v) is 8.44. The molecule has 0 aliphatic heterocycles. The van der Waals surface area contributed by atoms with Crippen LogP contribution in [-0.2, 0) is 11.9 Å². The number of alkyl halides is 3. The number of benzene rings is 3. The fourth-order valence-electron chi connectivity index (χ4n) is 2.43. The van der Waals surface area contributed by atoms with E-state index in [0.717, 1.165) is 34.4 Å². The summed E-state index contributed by atoms with van der Waals surface area (Å²) in [6.07, 6.45) is -4.63. The van der Waals surface area contributed by atoms with Crippen LogP contribution in [0.15, 0.2) is 81.4 Å². The zero-order chi connectivity index (χ0) is 21.0. The molecule has 3 aromatic rings. The minimum atomic E-state index is -4.63. The molecule has 0 amide bonds. The van der Waals surface area contributed by atoms with Crippen LogP contribution >= 0.6 is 35.1 Å². The van der Waals surface area contributed by atoms with Gasteiger partial charge in [-0.05, 0) is 42.0 Å². The fourth-order valence-corrected chi connectivity index (χ4v) is 4.52. The van der Waals surface area contributed by atoms with E-state index in [1.807, 2.05) is 36.4 Å². The van der Waals surface area contributed by atoms with Crippen molar-refractivity contribution < 1.29 is 18.1 Å². The van der Waals surface area contributed by atoms with Crippen LogP contribution in [0.1, 0.15) is 11.1 Å². The second-order valence-electron chi connectivity index (χ2n) is 5.90. The summed E-state index contributed by atoms with van der Waals surface area (Å²) < 4.78 is 38.4. The smallest absolute Gasteiger partial charge is 0.258 e. The lowest BCUT2D eigenvalue weighted by Gasteiger charge is -2.09. The fraction of sp³-hybridized carbons (Fsp3) is 0.100. The quantitative estimate of drug-likeness (QED) is 0.217. The van der Waals surface area contributed by atoms with E-state index in [-0.39, 0.29) is 4.90 Å². The van der Waals surface area contributed by atoms with Crippen molar-refractivity contribution in [2.45, 2.75) is 26.6 Å². The Morgan fingerprint density at radius 2 is 1.66 bits per heavy atom. The summed E-state index contributed by atoms with van der Waals surface area (Å²) in [5.41, 5.74) is -0.579. The van der Waals surface area contributed by atoms with E-state index in [1.54, 1.807) is 23.9 Å². The highest BCUT2D eigenvalue weighted by molar-refractivity contribution is 7.99. The van der Waals surface area contributed by atoms with Crippen LogP contribution in [0.4, 0.5) is 18.9 Å². The van der Waals surface area contributed by atoms with E-state index in [1.165, 1.54) is 0 Å². The summed E-state index contributed by atoms with van der Waals surface area (Å²) in [5.74, 6) is 0.690. The van der Waals surface area contributed by atoms with Gasteiger partial charge in [0.15, 0.2) is 0 Å². The van der Waals surface area contributed by atoms with Gasteiger partial charge in [0.05, 0.1) is 20.4 Å². The number of thioether (sulfide) groups is 1. The molecule has 0 aliphatic carbocycles. The molecule has 0 radical (unpaired) electrons. The zero-order valence-corrected chi connectivity index (χ0v) is 17.0. The highest BCUT2D eigenvalue weighted by Crippen LogP contribution is 2.39. The van der Waals surface area contributed by atoms with Crippen molar-refractivity contribution in [1.29, 1.82) is 0 Å². The number of hydrogen-bond acceptors (Lipinski definition) is 4. The second kappa shape index (κ2) is 9.11. The molecule has 0 heterocycles. The Morgan fingerprint density at radius 1 is 0.966 bits per heavy atom. The number of nitro benzene ring substituents is 1. The maximum Gasteiger partial charge on any atom is 0.416 e. The first-order chi connectivity index (χ1) is 13.7. The number of halogens is 4. The summed E-state index contributed by atoms with van der Waals surface area (Å²) in [5, 5.41) is 11.9. The van der Waals surface area contributed by atoms with Gasteiger partial charge in [0, 0.05) is 21.6 Å². The minimum absolute atomic E-state index is 0.154. The van der Waals surface area contributed by atoms with Crippen molar-refractivity contribution in [2.24, 2.45) is 0 Å². The lowest BCUT2D eigenvalue weighted by atomic mass is 10.2. The molecule has 0 bridgehead atoms. The van der Waals surface area contributed by atoms with Crippen molar-refractivity contribution >= 4 is 40.8 Å². The topological polar surface area (TPSA) is 43.1 Å². The standard InChI is InChI=1S/C20H13ClF3NO2S2/c21-16-3-1-2-4-18(16)28-12-13-5-8-15(9-6-13)29-19-10-7-14(20(22,23)24)11-17(19)25(26)27/h1-11H,12H2. The molecule has 0 saturated heterocycles. The van der Waals surface area contributed by atoms with Crippen molar-refractivity contribution in [1.82, 2.24) is 0 Å². The molecule has 150 valence electrons. The molecule has 0 spiro atoms. The molecule has 0 atom stereocenters. The molecule has 0 aromatic heterocycles. The number of hydrogen-bond donors (Lipinski definition) is 0. The highest BCUT2D eigenvalue weighted by atomic mass is 35.5. The monoisotopic (exact) mass is 455 g/mol. The van der Waals surface area contributed by atoms with Gasteiger partial charge in [-0.1, -0.05) is 47.6 Å². The molecule has 3 nitrogen and oxygen atoms in total. The Kier molecular flexibility index (Phi) is 6.77. The van der Waals surface area contributed by atoms with Crippen LogP contribution in [0.3, 0.4) is 0 Å². The first kappa shape index (κ1) is 21.5. The van der Waals surface area contributed by atoms with E-state index in [0.29, 0.717) is 21.7 Å². The highest BCUT2D eigenvalue weighted by Gasteiger charge is 2.33. The summed E-state index contributed by atoms with van der Waals surface area (Å²) in [7, 11) is 0. The van der Waals surface area contributed by atoms with Gasteiger partial charge >= 0.3 is 6.18 Å². The van der Waals surface area contributed by atoms with E-state index >= 15 is 0 Å². The summed E-state index contributed by atoms with van der Waals surface area (Å²) in [6, 6.07) is 17.4. The summed E-state index contributed by atoms with van der Waals surface area (Å²) in [6.45, 7) is 0. The molecule has 3 aromatic carbocycles. The maximum absolute atomic E-state index is 12.8. The van der Waals surface area contributed by atoms with E-state index in [4.69, 9.17) is 11.6 Å². The molecule has 0 unspecified atom stereocenters. The van der Waals surface area contributed by atoms with Gasteiger partial charge in [-0.3, -0.25) is 10.1 Å². The Morgan fingerprint density at radius 3 is 2.28 bits per heavy atom. The van der Waals surface area contributed by atoms with Crippen LogP contribution in [0.5, 0.6) is 0 Å². The van der Waals surface area contributed by atoms with Gasteiger partial charge < -0.3 is 0 Å². The summed E-state index contributed by atoms with van der Waals surface area (Å²) >= 11 is 8.77. The van der Waals surface area contributed by atoms with Crippen molar-refractivity contribution in [2.75, 3.05) is 0 Å². The number of rotatable bonds is 6. The van der Waals surface area contributed by atoms with Gasteiger partial charge in [0.1, 0.15) is 0 Å². The Hall–Kier alpha value is -2.16. The lowest BCUT2D eigenvalue weighted by molar-refractivity contribution is -0.388. The SMILES string of the molecule is O=[N+]([O-])c1cc(C(F)(F)F)ccc1Sc1ccc(CSc2ccccc2Cl)cc1. The van der Waals surface area contributed by atoms with Crippen LogP contribution < -0.4 is 0 Å². The van der Waals surface area contributed by atoms with Gasteiger partial charge in [0.2, 0.25) is 0 Å². The Bertz CT molecular complexity index is 1030. The van der Waals surface area contributed by atoms with Gasteiger partial charge in [-0.15, -0.1) is 11.8 Å². The Labute approximate surface area is 178 Å². The van der Waals surface area contributed by atoms with E-state index < -0.39 is 22.4 Å². The van der Waals surface area contributed by atoms with Crippen LogP contribution in [-0.4, -0.2) is 4.92 Å². The lowest BCUT2D eigenvalue weighted by Crippen LogP contribution is -2.05. The number of nitro groups is 1. The predicted octanol–water partition coefficient (Wildman–Crippen LogP) is 7.71. The molecule has 9 heteroatoms. The Balaban J connectivity index is 1.72. The van der Waals surface area contributed by atoms with E-state index in [2.05, 4.69) is 0 Å². The first-order valence-electron chi connectivity index (χ1n) is 8.24. The molecule has 0 fully saturated rings. The molecule has 0 aliphatic rings. The maximum atomic E-state index is 12.8. The van der Waals surface area contributed by atoms with Crippen molar-refractivity contribution in [3.8, 4) is 0 Å². The molecule has 29 heavy (non-hydrogen) atoms. The van der Waals surface area contributed by atoms with Gasteiger partial charge in [0.25, 0.3) is 5.69 Å². The summed E-state index contributed by atoms with van der Waals surface area (Å²) in [4.78, 5) is 12.2. The molecule has 3 rings (SSSR count). The average molecular weight is 456 g/mol. The normalized spacial score (nSPS) is 11.4.